The molecule has 0 radical (unpaired) electrons. The van der Waals surface area contributed by atoms with E-state index >= 15 is 0 Å². The Morgan fingerprint density at radius 1 is 1.53 bits per heavy atom. The van der Waals surface area contributed by atoms with Crippen LogP contribution >= 0.6 is 15.9 Å². The van der Waals surface area contributed by atoms with Crippen LogP contribution in [0.5, 0.6) is 0 Å². The maximum atomic E-state index is 13.2. The highest BCUT2D eigenvalue weighted by molar-refractivity contribution is 9.10. The molecule has 1 rings (SSSR count). The number of halogens is 2. The van der Waals surface area contributed by atoms with Gasteiger partial charge in [0, 0.05) is 19.2 Å². The summed E-state index contributed by atoms with van der Waals surface area (Å²) in [7, 11) is 0. The predicted molar refractivity (Wildman–Crippen MR) is 72.5 cm³/mol. The van der Waals surface area contributed by atoms with Crippen molar-refractivity contribution in [3.05, 3.63) is 22.4 Å². The van der Waals surface area contributed by atoms with Crippen LogP contribution in [0.2, 0.25) is 0 Å². The van der Waals surface area contributed by atoms with Crippen molar-refractivity contribution in [2.75, 3.05) is 24.2 Å². The fourth-order valence-corrected chi connectivity index (χ4v) is 1.95. The standard InChI is InChI=1S/C12H18BrFN2O/c1-2-8(3-4-17)7-16-12-5-9(13)10(14)6-11(12)15/h5-6,8,16-17H,2-4,7,15H2,1H3. The van der Waals surface area contributed by atoms with Crippen LogP contribution in [0.4, 0.5) is 15.8 Å². The summed E-state index contributed by atoms with van der Waals surface area (Å²) in [5, 5.41) is 12.1. The van der Waals surface area contributed by atoms with E-state index in [1.165, 1.54) is 6.07 Å². The molecule has 3 nitrogen and oxygen atoms in total. The summed E-state index contributed by atoms with van der Waals surface area (Å²) in [5.74, 6) is 0.0266. The molecule has 0 spiro atoms. The largest absolute Gasteiger partial charge is 0.397 e. The summed E-state index contributed by atoms with van der Waals surface area (Å²) in [5.41, 5.74) is 6.83. The Kier molecular flexibility index (Phi) is 5.71. The Balaban J connectivity index is 2.65. The van der Waals surface area contributed by atoms with Crippen molar-refractivity contribution < 1.29 is 9.50 Å². The van der Waals surface area contributed by atoms with Crippen LogP contribution in [0, 0.1) is 11.7 Å². The molecule has 96 valence electrons. The van der Waals surface area contributed by atoms with E-state index in [1.807, 2.05) is 0 Å². The lowest BCUT2D eigenvalue weighted by molar-refractivity contribution is 0.258. The lowest BCUT2D eigenvalue weighted by Gasteiger charge is -2.16. The minimum Gasteiger partial charge on any atom is -0.397 e. The fourth-order valence-electron chi connectivity index (χ4n) is 1.60. The third-order valence-electron chi connectivity index (χ3n) is 2.79. The Bertz CT molecular complexity index is 374. The number of aliphatic hydroxyl groups excluding tert-OH is 1. The zero-order chi connectivity index (χ0) is 12.8. The third kappa shape index (κ3) is 4.16. The van der Waals surface area contributed by atoms with Crippen molar-refractivity contribution in [3.8, 4) is 0 Å². The maximum absolute atomic E-state index is 13.2. The molecule has 0 saturated carbocycles. The minimum atomic E-state index is -0.365. The molecule has 0 bridgehead atoms. The van der Waals surface area contributed by atoms with Crippen LogP contribution in [-0.4, -0.2) is 18.3 Å². The summed E-state index contributed by atoms with van der Waals surface area (Å²) in [6, 6.07) is 2.93. The number of nitrogen functional groups attached to an aromatic ring is 1. The van der Waals surface area contributed by atoms with Crippen LogP contribution in [0.15, 0.2) is 16.6 Å². The van der Waals surface area contributed by atoms with Gasteiger partial charge in [0.25, 0.3) is 0 Å². The molecule has 0 fully saturated rings. The Morgan fingerprint density at radius 3 is 2.82 bits per heavy atom. The molecule has 1 aromatic carbocycles. The topological polar surface area (TPSA) is 58.3 Å². The van der Waals surface area contributed by atoms with Crippen LogP contribution in [0.3, 0.4) is 0 Å². The quantitative estimate of drug-likeness (QED) is 0.708. The normalized spacial score (nSPS) is 12.5. The zero-order valence-corrected chi connectivity index (χ0v) is 11.4. The molecule has 0 aliphatic carbocycles. The number of nitrogens with two attached hydrogens (primary N) is 1. The molecule has 4 N–H and O–H groups in total. The minimum absolute atomic E-state index is 0.183. The van der Waals surface area contributed by atoms with Crippen LogP contribution in [0.25, 0.3) is 0 Å². The van der Waals surface area contributed by atoms with E-state index in [-0.39, 0.29) is 12.4 Å². The van der Waals surface area contributed by atoms with Crippen molar-refractivity contribution in [3.63, 3.8) is 0 Å². The number of hydrogen-bond acceptors (Lipinski definition) is 3. The molecule has 5 heteroatoms. The van der Waals surface area contributed by atoms with Crippen LogP contribution in [0.1, 0.15) is 19.8 Å². The van der Waals surface area contributed by atoms with E-state index in [9.17, 15) is 4.39 Å². The Labute approximate surface area is 109 Å². The van der Waals surface area contributed by atoms with Crippen molar-refractivity contribution in [2.45, 2.75) is 19.8 Å². The Hall–Kier alpha value is -0.810. The molecular weight excluding hydrogens is 287 g/mol. The van der Waals surface area contributed by atoms with Gasteiger partial charge in [-0.2, -0.15) is 0 Å². The molecule has 0 aromatic heterocycles. The molecule has 0 amide bonds. The summed E-state index contributed by atoms with van der Waals surface area (Å²) in [6.07, 6.45) is 1.74. The third-order valence-corrected chi connectivity index (χ3v) is 3.40. The first-order chi connectivity index (χ1) is 8.08. The number of hydrogen-bond donors (Lipinski definition) is 3. The summed E-state index contributed by atoms with van der Waals surface area (Å²) in [4.78, 5) is 0. The van der Waals surface area contributed by atoms with Crippen molar-refractivity contribution in [1.82, 2.24) is 0 Å². The van der Waals surface area contributed by atoms with E-state index in [2.05, 4.69) is 28.2 Å². The second-order valence-corrected chi connectivity index (χ2v) is 4.88. The highest BCUT2D eigenvalue weighted by Gasteiger charge is 2.09. The van der Waals surface area contributed by atoms with Gasteiger partial charge in [0.2, 0.25) is 0 Å². The SMILES string of the molecule is CCC(CCO)CNc1cc(Br)c(F)cc1N. The molecule has 1 atom stereocenters. The van der Waals surface area contributed by atoms with Gasteiger partial charge in [0.15, 0.2) is 0 Å². The van der Waals surface area contributed by atoms with E-state index in [4.69, 9.17) is 10.8 Å². The van der Waals surface area contributed by atoms with Gasteiger partial charge in [0.1, 0.15) is 5.82 Å². The lowest BCUT2D eigenvalue weighted by Crippen LogP contribution is -2.15. The fraction of sp³-hybridized carbons (Fsp3) is 0.500. The van der Waals surface area contributed by atoms with Gasteiger partial charge in [-0.15, -0.1) is 0 Å². The van der Waals surface area contributed by atoms with Gasteiger partial charge in [-0.05, 0) is 34.3 Å². The average Bonchev–Trinajstić information content (AvgIpc) is 2.30. The monoisotopic (exact) mass is 304 g/mol. The van der Waals surface area contributed by atoms with Crippen molar-refractivity contribution in [2.24, 2.45) is 5.92 Å². The molecule has 17 heavy (non-hydrogen) atoms. The first-order valence-electron chi connectivity index (χ1n) is 5.67. The molecule has 1 aromatic rings. The molecule has 1 unspecified atom stereocenters. The maximum Gasteiger partial charge on any atom is 0.139 e. The number of anilines is 2. The highest BCUT2D eigenvalue weighted by atomic mass is 79.9. The van der Waals surface area contributed by atoms with Gasteiger partial charge < -0.3 is 16.2 Å². The molecule has 0 aliphatic rings. The number of nitrogens with one attached hydrogen (secondary N) is 1. The van der Waals surface area contributed by atoms with E-state index in [0.717, 1.165) is 25.1 Å². The van der Waals surface area contributed by atoms with E-state index in [1.54, 1.807) is 6.07 Å². The van der Waals surface area contributed by atoms with Crippen LogP contribution < -0.4 is 11.1 Å². The zero-order valence-electron chi connectivity index (χ0n) is 9.84. The van der Waals surface area contributed by atoms with Gasteiger partial charge in [-0.25, -0.2) is 4.39 Å². The van der Waals surface area contributed by atoms with Gasteiger partial charge >= 0.3 is 0 Å². The van der Waals surface area contributed by atoms with Gasteiger partial charge in [-0.1, -0.05) is 13.3 Å². The average molecular weight is 305 g/mol. The lowest BCUT2D eigenvalue weighted by atomic mass is 10.0. The first-order valence-corrected chi connectivity index (χ1v) is 6.47. The number of benzene rings is 1. The highest BCUT2D eigenvalue weighted by Crippen LogP contribution is 2.27. The predicted octanol–water partition coefficient (Wildman–Crippen LogP) is 2.99. The van der Waals surface area contributed by atoms with Crippen LogP contribution in [-0.2, 0) is 0 Å². The summed E-state index contributed by atoms with van der Waals surface area (Å²) in [6.45, 7) is 2.98. The first kappa shape index (κ1) is 14.3. The van der Waals surface area contributed by atoms with E-state index in [0.29, 0.717) is 16.1 Å². The smallest absolute Gasteiger partial charge is 0.139 e. The van der Waals surface area contributed by atoms with Crippen molar-refractivity contribution >= 4 is 27.3 Å². The summed E-state index contributed by atoms with van der Waals surface area (Å²) < 4.78 is 13.6. The van der Waals surface area contributed by atoms with Gasteiger partial charge in [-0.3, -0.25) is 0 Å². The molecule has 0 heterocycles. The molecular formula is C12H18BrFN2O. The van der Waals surface area contributed by atoms with Gasteiger partial charge in [0.05, 0.1) is 15.8 Å². The summed E-state index contributed by atoms with van der Waals surface area (Å²) >= 11 is 3.12. The second kappa shape index (κ2) is 6.81. The number of rotatable bonds is 6. The van der Waals surface area contributed by atoms with E-state index < -0.39 is 0 Å². The molecule has 0 saturated heterocycles. The Morgan fingerprint density at radius 2 is 2.24 bits per heavy atom. The van der Waals surface area contributed by atoms with Crippen molar-refractivity contribution in [1.29, 1.82) is 0 Å². The molecule has 0 aliphatic heterocycles. The second-order valence-electron chi connectivity index (χ2n) is 4.02. The number of aliphatic hydroxyl groups is 1.